The second-order valence-electron chi connectivity index (χ2n) is 3.59. The molecule has 0 fully saturated rings. The number of esters is 1. The summed E-state index contributed by atoms with van der Waals surface area (Å²) in [6.07, 6.45) is 0.0473. The number of rotatable bonds is 5. The first kappa shape index (κ1) is 14.6. The van der Waals surface area contributed by atoms with Gasteiger partial charge in [0.25, 0.3) is 0 Å². The maximum absolute atomic E-state index is 11.2. The van der Waals surface area contributed by atoms with Gasteiger partial charge in [-0.25, -0.2) is 0 Å². The first-order chi connectivity index (χ1) is 8.54. The van der Waals surface area contributed by atoms with Gasteiger partial charge >= 0.3 is 5.97 Å². The van der Waals surface area contributed by atoms with Gasteiger partial charge in [0.2, 0.25) is 0 Å². The van der Waals surface area contributed by atoms with Crippen molar-refractivity contribution in [2.45, 2.75) is 12.5 Å². The Bertz CT molecular complexity index is 436. The number of halogens is 1. The Morgan fingerprint density at radius 1 is 1.33 bits per heavy atom. The Hall–Kier alpha value is -1.46. The molecule has 1 unspecified atom stereocenters. The summed E-state index contributed by atoms with van der Waals surface area (Å²) in [6.45, 7) is 0. The molecule has 1 aromatic carbocycles. The van der Waals surface area contributed by atoms with Crippen molar-refractivity contribution in [3.63, 3.8) is 0 Å². The van der Waals surface area contributed by atoms with Crippen LogP contribution in [0.4, 0.5) is 0 Å². The molecule has 0 bridgehead atoms. The average Bonchev–Trinajstić information content (AvgIpc) is 2.37. The van der Waals surface area contributed by atoms with Crippen molar-refractivity contribution in [1.29, 1.82) is 0 Å². The zero-order valence-corrected chi connectivity index (χ0v) is 11.3. The fourth-order valence-corrected chi connectivity index (χ4v) is 1.94. The van der Waals surface area contributed by atoms with Crippen molar-refractivity contribution in [3.05, 3.63) is 22.7 Å². The Kier molecular flexibility index (Phi) is 5.25. The van der Waals surface area contributed by atoms with E-state index in [1.807, 2.05) is 0 Å². The number of hydrogen-bond donors (Lipinski definition) is 1. The van der Waals surface area contributed by atoms with Gasteiger partial charge in [0.05, 0.1) is 32.8 Å². The summed E-state index contributed by atoms with van der Waals surface area (Å²) in [7, 11) is 4.31. The molecule has 5 nitrogen and oxygen atoms in total. The van der Waals surface area contributed by atoms with E-state index < -0.39 is 12.0 Å². The maximum Gasteiger partial charge on any atom is 0.307 e. The summed E-state index contributed by atoms with van der Waals surface area (Å²) in [5.74, 6) is 0.516. The topological polar surface area (TPSA) is 70.8 Å². The lowest BCUT2D eigenvalue weighted by molar-refractivity contribution is -0.141. The number of hydrogen-bond acceptors (Lipinski definition) is 5. The molecule has 0 aliphatic carbocycles. The number of ether oxygens (including phenoxy) is 3. The van der Waals surface area contributed by atoms with Crippen LogP contribution in [0.3, 0.4) is 0 Å². The van der Waals surface area contributed by atoms with Crippen molar-refractivity contribution in [1.82, 2.24) is 0 Å². The van der Waals surface area contributed by atoms with Crippen LogP contribution in [-0.2, 0) is 9.53 Å². The van der Waals surface area contributed by atoms with Crippen LogP contribution in [0.25, 0.3) is 0 Å². The van der Waals surface area contributed by atoms with E-state index in [9.17, 15) is 4.79 Å². The molecule has 0 aromatic heterocycles. The number of carbonyl (C=O) groups excluding carboxylic acids is 1. The third kappa shape index (κ3) is 3.05. The van der Waals surface area contributed by atoms with E-state index in [1.165, 1.54) is 21.3 Å². The van der Waals surface area contributed by atoms with E-state index in [4.69, 9.17) is 26.8 Å². The Labute approximate surface area is 111 Å². The molecule has 0 amide bonds. The van der Waals surface area contributed by atoms with Gasteiger partial charge in [-0.15, -0.1) is 0 Å². The third-order valence-electron chi connectivity index (χ3n) is 2.53. The van der Waals surface area contributed by atoms with E-state index in [0.717, 1.165) is 0 Å². The van der Waals surface area contributed by atoms with Crippen LogP contribution in [0.2, 0.25) is 5.02 Å². The molecule has 1 aromatic rings. The molecule has 0 spiro atoms. The number of methoxy groups -OCH3 is 3. The lowest BCUT2D eigenvalue weighted by Crippen LogP contribution is -2.17. The predicted molar refractivity (Wildman–Crippen MR) is 68.1 cm³/mol. The minimum atomic E-state index is -0.551. The van der Waals surface area contributed by atoms with Crippen LogP contribution in [-0.4, -0.2) is 27.3 Å². The first-order valence-electron chi connectivity index (χ1n) is 5.27. The lowest BCUT2D eigenvalue weighted by atomic mass is 10.0. The highest BCUT2D eigenvalue weighted by Gasteiger charge is 2.19. The highest BCUT2D eigenvalue weighted by atomic mass is 35.5. The maximum atomic E-state index is 11.2. The van der Waals surface area contributed by atoms with Crippen molar-refractivity contribution >= 4 is 17.6 Å². The van der Waals surface area contributed by atoms with Gasteiger partial charge in [-0.1, -0.05) is 17.7 Å². The van der Waals surface area contributed by atoms with E-state index in [-0.39, 0.29) is 6.42 Å². The van der Waals surface area contributed by atoms with Crippen LogP contribution in [0.5, 0.6) is 11.5 Å². The summed E-state index contributed by atoms with van der Waals surface area (Å²) in [4.78, 5) is 11.2. The van der Waals surface area contributed by atoms with Crippen molar-refractivity contribution in [2.24, 2.45) is 5.73 Å². The van der Waals surface area contributed by atoms with Gasteiger partial charge in [0.1, 0.15) is 0 Å². The Morgan fingerprint density at radius 3 is 2.50 bits per heavy atom. The largest absolute Gasteiger partial charge is 0.493 e. The van der Waals surface area contributed by atoms with E-state index in [2.05, 4.69) is 4.74 Å². The smallest absolute Gasteiger partial charge is 0.307 e. The zero-order chi connectivity index (χ0) is 13.7. The van der Waals surface area contributed by atoms with Crippen molar-refractivity contribution in [3.8, 4) is 11.5 Å². The number of carbonyl (C=O) groups is 1. The predicted octanol–water partition coefficient (Wildman–Crippen LogP) is 1.92. The molecule has 6 heteroatoms. The Morgan fingerprint density at radius 2 is 2.00 bits per heavy atom. The minimum Gasteiger partial charge on any atom is -0.493 e. The molecule has 1 atom stereocenters. The quantitative estimate of drug-likeness (QED) is 0.830. The average molecular weight is 274 g/mol. The monoisotopic (exact) mass is 273 g/mol. The van der Waals surface area contributed by atoms with Gasteiger partial charge in [-0.3, -0.25) is 4.79 Å². The molecule has 1 rings (SSSR count). The lowest BCUT2D eigenvalue weighted by Gasteiger charge is -2.16. The van der Waals surface area contributed by atoms with Gasteiger partial charge < -0.3 is 19.9 Å². The molecule has 0 saturated carbocycles. The first-order valence-corrected chi connectivity index (χ1v) is 5.65. The normalized spacial score (nSPS) is 11.8. The second-order valence-corrected chi connectivity index (χ2v) is 3.97. The highest BCUT2D eigenvalue weighted by molar-refractivity contribution is 6.33. The number of nitrogens with two attached hydrogens (primary N) is 1. The fraction of sp³-hybridized carbons (Fsp3) is 0.417. The molecule has 0 aliphatic rings. The Balaban J connectivity index is 3.06. The van der Waals surface area contributed by atoms with Crippen LogP contribution in [0, 0.1) is 0 Å². The van der Waals surface area contributed by atoms with Gasteiger partial charge in [-0.2, -0.15) is 0 Å². The SMILES string of the molecule is COC(=O)CC(N)c1ccc(OC)c(OC)c1Cl. The molecule has 2 N–H and O–H groups in total. The molecule has 0 saturated heterocycles. The second kappa shape index (κ2) is 6.47. The summed E-state index contributed by atoms with van der Waals surface area (Å²) >= 11 is 6.18. The fourth-order valence-electron chi connectivity index (χ4n) is 1.56. The van der Waals surface area contributed by atoms with Crippen LogP contribution in [0.1, 0.15) is 18.0 Å². The van der Waals surface area contributed by atoms with E-state index in [0.29, 0.717) is 22.1 Å². The highest BCUT2D eigenvalue weighted by Crippen LogP contribution is 2.39. The van der Waals surface area contributed by atoms with Crippen LogP contribution < -0.4 is 15.2 Å². The van der Waals surface area contributed by atoms with Gasteiger partial charge in [0, 0.05) is 6.04 Å². The third-order valence-corrected chi connectivity index (χ3v) is 2.92. The van der Waals surface area contributed by atoms with Crippen molar-refractivity contribution < 1.29 is 19.0 Å². The molecule has 0 aliphatic heterocycles. The van der Waals surface area contributed by atoms with Gasteiger partial charge in [0.15, 0.2) is 11.5 Å². The van der Waals surface area contributed by atoms with E-state index in [1.54, 1.807) is 12.1 Å². The molecular weight excluding hydrogens is 258 g/mol. The summed E-state index contributed by atoms with van der Waals surface area (Å²) < 4.78 is 14.8. The van der Waals surface area contributed by atoms with Crippen molar-refractivity contribution in [2.75, 3.05) is 21.3 Å². The van der Waals surface area contributed by atoms with Crippen LogP contribution in [0.15, 0.2) is 12.1 Å². The summed E-state index contributed by atoms with van der Waals surface area (Å²) in [6, 6.07) is 2.85. The summed E-state index contributed by atoms with van der Waals surface area (Å²) in [5.41, 5.74) is 6.52. The molecule has 0 radical (unpaired) electrons. The molecule has 0 heterocycles. The number of benzene rings is 1. The zero-order valence-electron chi connectivity index (χ0n) is 10.5. The summed E-state index contributed by atoms with van der Waals surface area (Å²) in [5, 5.41) is 0.341. The molecular formula is C12H16ClNO4. The van der Waals surface area contributed by atoms with Gasteiger partial charge in [-0.05, 0) is 11.6 Å². The molecule has 100 valence electrons. The minimum absolute atomic E-state index is 0.0473. The van der Waals surface area contributed by atoms with E-state index >= 15 is 0 Å². The standard InChI is InChI=1S/C12H16ClNO4/c1-16-9-5-4-7(11(13)12(9)18-3)8(14)6-10(15)17-2/h4-5,8H,6,14H2,1-3H3. The molecule has 18 heavy (non-hydrogen) atoms. The van der Waals surface area contributed by atoms with Crippen LogP contribution >= 0.6 is 11.6 Å².